The van der Waals surface area contributed by atoms with Crippen LogP contribution in [0.1, 0.15) is 25.6 Å². The molecule has 1 aliphatic heterocycles. The number of carboxylic acids is 1. The lowest BCUT2D eigenvalue weighted by Gasteiger charge is -2.26. The minimum Gasteiger partial charge on any atom is -0.478 e. The fourth-order valence-corrected chi connectivity index (χ4v) is 5.58. The van der Waals surface area contributed by atoms with E-state index in [1.165, 1.54) is 36.7 Å². The SMILES string of the molecule is CN(c1ccccc1)S(=O)(=O)c1cccc(N2C(=O)Cc3scc(C(=O)O)c3C2=O)c1. The first-order chi connectivity index (χ1) is 14.7. The lowest BCUT2D eigenvalue weighted by Crippen LogP contribution is -2.42. The van der Waals surface area contributed by atoms with Crippen LogP contribution in [0.4, 0.5) is 11.4 Å². The van der Waals surface area contributed by atoms with Crippen molar-refractivity contribution in [3.63, 3.8) is 0 Å². The molecule has 0 aliphatic carbocycles. The number of carbonyl (C=O) groups is 3. The Morgan fingerprint density at radius 3 is 2.48 bits per heavy atom. The highest BCUT2D eigenvalue weighted by molar-refractivity contribution is 7.92. The van der Waals surface area contributed by atoms with Crippen LogP contribution in [-0.2, 0) is 21.2 Å². The smallest absolute Gasteiger partial charge is 0.337 e. The Kier molecular flexibility index (Phi) is 5.11. The average Bonchev–Trinajstić information content (AvgIpc) is 3.18. The predicted molar refractivity (Wildman–Crippen MR) is 115 cm³/mol. The normalized spacial score (nSPS) is 13.8. The lowest BCUT2D eigenvalue weighted by molar-refractivity contribution is -0.117. The summed E-state index contributed by atoms with van der Waals surface area (Å²) in [4.78, 5) is 38.3. The molecule has 1 aromatic heterocycles. The van der Waals surface area contributed by atoms with Gasteiger partial charge in [-0.1, -0.05) is 24.3 Å². The van der Waals surface area contributed by atoms with Gasteiger partial charge in [-0.25, -0.2) is 18.1 Å². The number of nitrogens with zero attached hydrogens (tertiary/aromatic N) is 2. The summed E-state index contributed by atoms with van der Waals surface area (Å²) in [6.45, 7) is 0. The van der Waals surface area contributed by atoms with Gasteiger partial charge in [0, 0.05) is 17.3 Å². The van der Waals surface area contributed by atoms with Gasteiger partial charge in [-0.05, 0) is 30.3 Å². The number of aromatic carboxylic acids is 1. The van der Waals surface area contributed by atoms with Gasteiger partial charge in [0.1, 0.15) is 0 Å². The monoisotopic (exact) mass is 456 g/mol. The molecule has 4 rings (SSSR count). The van der Waals surface area contributed by atoms with Gasteiger partial charge in [-0.2, -0.15) is 0 Å². The zero-order valence-electron chi connectivity index (χ0n) is 16.2. The number of benzene rings is 2. The van der Waals surface area contributed by atoms with Crippen molar-refractivity contribution in [3.05, 3.63) is 76.0 Å². The van der Waals surface area contributed by atoms with Crippen LogP contribution in [0.15, 0.2) is 64.9 Å². The molecule has 158 valence electrons. The number of fused-ring (bicyclic) bond motifs is 1. The molecule has 10 heteroatoms. The standard InChI is InChI=1S/C21H16N2O6S2/c1-22(13-6-3-2-4-7-13)31(28,29)15-9-5-8-14(10-15)23-18(24)11-17-19(20(23)25)16(12-30-17)21(26)27/h2-10,12H,11H2,1H3,(H,26,27). The van der Waals surface area contributed by atoms with E-state index in [4.69, 9.17) is 0 Å². The molecule has 3 aromatic rings. The van der Waals surface area contributed by atoms with Crippen molar-refractivity contribution in [2.45, 2.75) is 11.3 Å². The predicted octanol–water partition coefficient (Wildman–Crippen LogP) is 3.00. The molecule has 2 heterocycles. The number of carboxylic acid groups (broad SMARTS) is 1. The zero-order valence-corrected chi connectivity index (χ0v) is 17.8. The van der Waals surface area contributed by atoms with E-state index < -0.39 is 27.8 Å². The summed E-state index contributed by atoms with van der Waals surface area (Å²) in [6.07, 6.45) is -0.139. The average molecular weight is 457 g/mol. The van der Waals surface area contributed by atoms with Crippen LogP contribution < -0.4 is 9.21 Å². The van der Waals surface area contributed by atoms with Gasteiger partial charge in [-0.3, -0.25) is 13.9 Å². The summed E-state index contributed by atoms with van der Waals surface area (Å²) in [7, 11) is -2.56. The topological polar surface area (TPSA) is 112 Å². The van der Waals surface area contributed by atoms with E-state index in [0.29, 0.717) is 10.6 Å². The van der Waals surface area contributed by atoms with Gasteiger partial charge in [0.25, 0.3) is 15.9 Å². The molecule has 0 atom stereocenters. The quantitative estimate of drug-likeness (QED) is 0.591. The Morgan fingerprint density at radius 1 is 1.10 bits per heavy atom. The highest BCUT2D eigenvalue weighted by Crippen LogP contribution is 2.33. The number of thiophene rings is 1. The van der Waals surface area contributed by atoms with E-state index in [1.54, 1.807) is 30.3 Å². The summed E-state index contributed by atoms with van der Waals surface area (Å²) < 4.78 is 27.3. The Labute approximate surface area is 182 Å². The summed E-state index contributed by atoms with van der Waals surface area (Å²) in [5.41, 5.74) is 0.305. The van der Waals surface area contributed by atoms with E-state index in [0.717, 1.165) is 20.5 Å². The Bertz CT molecular complexity index is 1310. The van der Waals surface area contributed by atoms with Crippen LogP contribution in [0.3, 0.4) is 0 Å². The maximum atomic E-state index is 13.1. The van der Waals surface area contributed by atoms with E-state index in [9.17, 15) is 27.9 Å². The molecular formula is C21H16N2O6S2. The first-order valence-electron chi connectivity index (χ1n) is 9.07. The number of hydrogen-bond donors (Lipinski definition) is 1. The summed E-state index contributed by atoms with van der Waals surface area (Å²) in [5, 5.41) is 10.7. The zero-order chi connectivity index (χ0) is 22.3. The molecule has 0 spiro atoms. The number of carbonyl (C=O) groups excluding carboxylic acids is 2. The second-order valence-electron chi connectivity index (χ2n) is 6.77. The Balaban J connectivity index is 1.75. The third-order valence-corrected chi connectivity index (χ3v) is 7.70. The van der Waals surface area contributed by atoms with E-state index in [1.807, 2.05) is 0 Å². The van der Waals surface area contributed by atoms with Gasteiger partial charge in [0.15, 0.2) is 0 Å². The van der Waals surface area contributed by atoms with Crippen LogP contribution in [0, 0.1) is 0 Å². The van der Waals surface area contributed by atoms with Gasteiger partial charge in [0.2, 0.25) is 5.91 Å². The molecule has 31 heavy (non-hydrogen) atoms. The van der Waals surface area contributed by atoms with Crippen molar-refractivity contribution in [2.24, 2.45) is 0 Å². The molecule has 2 aromatic carbocycles. The van der Waals surface area contributed by atoms with Crippen LogP contribution in [-0.4, -0.2) is 38.4 Å². The summed E-state index contributed by atoms with van der Waals surface area (Å²) in [6, 6.07) is 14.0. The van der Waals surface area contributed by atoms with Crippen LogP contribution in [0.2, 0.25) is 0 Å². The van der Waals surface area contributed by atoms with Gasteiger partial charge in [0.05, 0.1) is 33.8 Å². The van der Waals surface area contributed by atoms with Crippen LogP contribution in [0.25, 0.3) is 0 Å². The third-order valence-electron chi connectivity index (χ3n) is 4.93. The lowest BCUT2D eigenvalue weighted by atomic mass is 10.0. The summed E-state index contributed by atoms with van der Waals surface area (Å²) in [5.74, 6) is -2.60. The Morgan fingerprint density at radius 2 is 1.81 bits per heavy atom. The van der Waals surface area contributed by atoms with Crippen molar-refractivity contribution in [2.75, 3.05) is 16.3 Å². The molecule has 0 bridgehead atoms. The van der Waals surface area contributed by atoms with E-state index >= 15 is 0 Å². The molecule has 2 amide bonds. The van der Waals surface area contributed by atoms with Crippen molar-refractivity contribution in [3.8, 4) is 0 Å². The van der Waals surface area contributed by atoms with E-state index in [-0.39, 0.29) is 28.1 Å². The second-order valence-corrected chi connectivity index (χ2v) is 9.70. The maximum Gasteiger partial charge on any atom is 0.337 e. The largest absolute Gasteiger partial charge is 0.478 e. The third kappa shape index (κ3) is 3.49. The van der Waals surface area contributed by atoms with Crippen molar-refractivity contribution >= 4 is 50.5 Å². The van der Waals surface area contributed by atoms with Crippen molar-refractivity contribution < 1.29 is 27.9 Å². The minimum absolute atomic E-state index is 0.0354. The van der Waals surface area contributed by atoms with Crippen LogP contribution in [0.5, 0.6) is 0 Å². The molecule has 0 fully saturated rings. The molecule has 0 unspecified atom stereocenters. The van der Waals surface area contributed by atoms with Gasteiger partial charge < -0.3 is 5.11 Å². The van der Waals surface area contributed by atoms with Gasteiger partial charge >= 0.3 is 5.97 Å². The first-order valence-corrected chi connectivity index (χ1v) is 11.4. The number of anilines is 2. The first kappa shape index (κ1) is 20.8. The van der Waals surface area contributed by atoms with E-state index in [2.05, 4.69) is 0 Å². The maximum absolute atomic E-state index is 13.1. The molecule has 0 saturated heterocycles. The Hall–Kier alpha value is -3.50. The van der Waals surface area contributed by atoms with Crippen molar-refractivity contribution in [1.82, 2.24) is 0 Å². The number of para-hydroxylation sites is 1. The highest BCUT2D eigenvalue weighted by Gasteiger charge is 2.37. The molecule has 1 N–H and O–H groups in total. The molecule has 0 radical (unpaired) electrons. The number of imide groups is 1. The fourth-order valence-electron chi connectivity index (χ4n) is 3.34. The minimum atomic E-state index is -3.97. The molecular weight excluding hydrogens is 440 g/mol. The number of rotatable bonds is 5. The van der Waals surface area contributed by atoms with Crippen molar-refractivity contribution in [1.29, 1.82) is 0 Å². The fraction of sp³-hybridized carbons (Fsp3) is 0.0952. The number of hydrogen-bond acceptors (Lipinski definition) is 6. The number of sulfonamides is 1. The number of amides is 2. The molecule has 1 aliphatic rings. The highest BCUT2D eigenvalue weighted by atomic mass is 32.2. The second kappa shape index (κ2) is 7.64. The molecule has 8 nitrogen and oxygen atoms in total. The van der Waals surface area contributed by atoms with Crippen LogP contribution >= 0.6 is 11.3 Å². The van der Waals surface area contributed by atoms with Gasteiger partial charge in [-0.15, -0.1) is 11.3 Å². The summed E-state index contributed by atoms with van der Waals surface area (Å²) >= 11 is 1.04. The molecule has 0 saturated carbocycles.